The Balaban J connectivity index is 1.94. The van der Waals surface area contributed by atoms with Gasteiger partial charge in [0.2, 0.25) is 0 Å². The third-order valence-corrected chi connectivity index (χ3v) is 4.02. The molecule has 0 heterocycles. The second-order valence-corrected chi connectivity index (χ2v) is 5.66. The predicted octanol–water partition coefficient (Wildman–Crippen LogP) is 4.25. The summed E-state index contributed by atoms with van der Waals surface area (Å²) in [6.07, 6.45) is 3.14. The van der Waals surface area contributed by atoms with Crippen molar-refractivity contribution in [2.24, 2.45) is 0 Å². The summed E-state index contributed by atoms with van der Waals surface area (Å²) in [6, 6.07) is 12.0. The first-order valence-electron chi connectivity index (χ1n) is 6.91. The molecule has 3 nitrogen and oxygen atoms in total. The Labute approximate surface area is 132 Å². The highest BCUT2D eigenvalue weighted by Gasteiger charge is 2.22. The second-order valence-electron chi connectivity index (χ2n) is 5.23. The molecule has 2 aromatic carbocycles. The van der Waals surface area contributed by atoms with Crippen LogP contribution in [0.4, 0.5) is 0 Å². The second kappa shape index (κ2) is 5.78. The zero-order valence-corrected chi connectivity index (χ0v) is 12.4. The van der Waals surface area contributed by atoms with E-state index in [1.807, 2.05) is 18.2 Å². The van der Waals surface area contributed by atoms with Crippen molar-refractivity contribution in [3.05, 3.63) is 75.3 Å². The van der Waals surface area contributed by atoms with Gasteiger partial charge >= 0.3 is 5.97 Å². The first-order valence-corrected chi connectivity index (χ1v) is 7.29. The largest absolute Gasteiger partial charge is 0.478 e. The van der Waals surface area contributed by atoms with Crippen molar-refractivity contribution in [2.45, 2.75) is 12.8 Å². The van der Waals surface area contributed by atoms with E-state index in [2.05, 4.69) is 0 Å². The van der Waals surface area contributed by atoms with Crippen molar-refractivity contribution in [3.63, 3.8) is 0 Å². The smallest absolute Gasteiger partial charge is 0.335 e. The summed E-state index contributed by atoms with van der Waals surface area (Å²) in [4.78, 5) is 23.5. The molecule has 0 unspecified atom stereocenters. The third-order valence-electron chi connectivity index (χ3n) is 3.76. The molecular weight excluding hydrogens is 300 g/mol. The maximum atomic E-state index is 12.5. The van der Waals surface area contributed by atoms with Crippen LogP contribution in [0.3, 0.4) is 0 Å². The molecule has 0 saturated heterocycles. The number of carbonyl (C=O) groups excluding carboxylic acids is 1. The summed E-state index contributed by atoms with van der Waals surface area (Å²) < 4.78 is 0. The molecule has 4 heteroatoms. The zero-order valence-electron chi connectivity index (χ0n) is 11.7. The van der Waals surface area contributed by atoms with Crippen LogP contribution in [0.5, 0.6) is 0 Å². The van der Waals surface area contributed by atoms with Gasteiger partial charge in [0.1, 0.15) is 0 Å². The molecule has 0 spiro atoms. The lowest BCUT2D eigenvalue weighted by molar-refractivity contribution is 0.0696. The summed E-state index contributed by atoms with van der Waals surface area (Å²) in [5, 5.41) is 9.67. The predicted molar refractivity (Wildman–Crippen MR) is 85.5 cm³/mol. The number of allylic oxidation sites excluding steroid dienone is 1. The van der Waals surface area contributed by atoms with E-state index in [1.54, 1.807) is 24.3 Å². The fourth-order valence-corrected chi connectivity index (χ4v) is 2.73. The first kappa shape index (κ1) is 14.5. The number of fused-ring (bicyclic) bond motifs is 1. The number of Topliss-reactive ketones (excluding diaryl/α,β-unsaturated/α-hetero) is 1. The highest BCUT2D eigenvalue weighted by Crippen LogP contribution is 2.27. The Morgan fingerprint density at radius 1 is 1.09 bits per heavy atom. The van der Waals surface area contributed by atoms with E-state index in [1.165, 1.54) is 6.07 Å². The van der Waals surface area contributed by atoms with E-state index in [4.69, 9.17) is 16.7 Å². The summed E-state index contributed by atoms with van der Waals surface area (Å²) in [7, 11) is 0. The van der Waals surface area contributed by atoms with Crippen LogP contribution in [0.15, 0.2) is 48.0 Å². The number of carboxylic acids is 1. The van der Waals surface area contributed by atoms with Crippen molar-refractivity contribution in [3.8, 4) is 0 Å². The summed E-state index contributed by atoms with van der Waals surface area (Å²) in [6.45, 7) is 0. The highest BCUT2D eigenvalue weighted by atomic mass is 35.5. The van der Waals surface area contributed by atoms with E-state index >= 15 is 0 Å². The minimum absolute atomic E-state index is 0.0341. The van der Waals surface area contributed by atoms with Crippen molar-refractivity contribution in [2.75, 3.05) is 0 Å². The van der Waals surface area contributed by atoms with Crippen LogP contribution in [0.2, 0.25) is 5.02 Å². The van der Waals surface area contributed by atoms with Gasteiger partial charge in [0, 0.05) is 16.2 Å². The molecule has 22 heavy (non-hydrogen) atoms. The molecule has 3 rings (SSSR count). The number of hydrogen-bond acceptors (Lipinski definition) is 2. The molecule has 0 atom stereocenters. The third kappa shape index (κ3) is 2.81. The van der Waals surface area contributed by atoms with E-state index in [9.17, 15) is 9.59 Å². The topological polar surface area (TPSA) is 54.4 Å². The Bertz CT molecular complexity index is 788. The van der Waals surface area contributed by atoms with E-state index < -0.39 is 5.97 Å². The Kier molecular flexibility index (Phi) is 3.82. The Hall–Kier alpha value is -2.39. The average Bonchev–Trinajstić information content (AvgIpc) is 2.52. The summed E-state index contributed by atoms with van der Waals surface area (Å²) in [5.74, 6) is -1.01. The molecule has 1 aliphatic rings. The normalized spacial score (nSPS) is 15.7. The maximum Gasteiger partial charge on any atom is 0.335 e. The number of ketones is 1. The van der Waals surface area contributed by atoms with E-state index in [0.717, 1.165) is 16.7 Å². The number of benzene rings is 2. The van der Waals surface area contributed by atoms with Gasteiger partial charge in [-0.15, -0.1) is 0 Å². The van der Waals surface area contributed by atoms with Gasteiger partial charge in [-0.25, -0.2) is 4.79 Å². The first-order chi connectivity index (χ1) is 10.5. The average molecular weight is 313 g/mol. The molecule has 1 aliphatic carbocycles. The van der Waals surface area contributed by atoms with Crippen LogP contribution in [0.25, 0.3) is 6.08 Å². The number of carbonyl (C=O) groups is 2. The van der Waals surface area contributed by atoms with Crippen LogP contribution in [0.1, 0.15) is 38.3 Å². The molecule has 0 aromatic heterocycles. The monoisotopic (exact) mass is 312 g/mol. The van der Waals surface area contributed by atoms with Gasteiger partial charge in [0.05, 0.1) is 5.56 Å². The minimum Gasteiger partial charge on any atom is -0.478 e. The fraction of sp³-hybridized carbons (Fsp3) is 0.111. The molecule has 0 amide bonds. The van der Waals surface area contributed by atoms with E-state index in [0.29, 0.717) is 23.4 Å². The molecule has 0 radical (unpaired) electrons. The molecule has 0 aliphatic heterocycles. The molecule has 2 aromatic rings. The van der Waals surface area contributed by atoms with Crippen LogP contribution < -0.4 is 0 Å². The maximum absolute atomic E-state index is 12.5. The molecule has 0 fully saturated rings. The Morgan fingerprint density at radius 2 is 1.82 bits per heavy atom. The van der Waals surface area contributed by atoms with Gasteiger partial charge < -0.3 is 5.11 Å². The summed E-state index contributed by atoms with van der Waals surface area (Å²) in [5.41, 5.74) is 3.28. The number of rotatable bonds is 2. The highest BCUT2D eigenvalue weighted by molar-refractivity contribution is 6.30. The van der Waals surface area contributed by atoms with Crippen molar-refractivity contribution in [1.82, 2.24) is 0 Å². The molecule has 0 saturated carbocycles. The van der Waals surface area contributed by atoms with Crippen LogP contribution in [-0.4, -0.2) is 16.9 Å². The number of hydrogen-bond donors (Lipinski definition) is 1. The minimum atomic E-state index is -0.974. The lowest BCUT2D eigenvalue weighted by Gasteiger charge is -2.18. The number of halogens is 1. The zero-order chi connectivity index (χ0) is 15.7. The van der Waals surface area contributed by atoms with Gasteiger partial charge in [0.25, 0.3) is 0 Å². The van der Waals surface area contributed by atoms with Gasteiger partial charge in [-0.05, 0) is 60.4 Å². The molecule has 110 valence electrons. The van der Waals surface area contributed by atoms with Gasteiger partial charge in [-0.3, -0.25) is 4.79 Å². The van der Waals surface area contributed by atoms with Crippen molar-refractivity contribution >= 4 is 29.4 Å². The molecule has 0 bridgehead atoms. The van der Waals surface area contributed by atoms with Crippen LogP contribution in [0, 0.1) is 0 Å². The lowest BCUT2D eigenvalue weighted by atomic mass is 9.85. The number of carboxylic acid groups (broad SMARTS) is 1. The van der Waals surface area contributed by atoms with Crippen LogP contribution in [-0.2, 0) is 6.42 Å². The summed E-state index contributed by atoms with van der Waals surface area (Å²) >= 11 is 5.85. The van der Waals surface area contributed by atoms with Crippen molar-refractivity contribution in [1.29, 1.82) is 0 Å². The molecular formula is C18H13ClO3. The fourth-order valence-electron chi connectivity index (χ4n) is 2.61. The van der Waals surface area contributed by atoms with Gasteiger partial charge in [-0.1, -0.05) is 23.7 Å². The number of aryl methyl sites for hydroxylation is 1. The van der Waals surface area contributed by atoms with Crippen LogP contribution >= 0.6 is 11.6 Å². The van der Waals surface area contributed by atoms with Gasteiger partial charge in [-0.2, -0.15) is 0 Å². The molecule has 1 N–H and O–H groups in total. The standard InChI is InChI=1S/C18H13ClO3/c19-15-6-1-11(2-7-15)9-13-4-3-12-10-14(18(21)22)5-8-16(12)17(13)20/h1-2,5-10H,3-4H2,(H,21,22)/b13-9+. The Morgan fingerprint density at radius 3 is 2.50 bits per heavy atom. The number of aromatic carboxylic acids is 1. The lowest BCUT2D eigenvalue weighted by Crippen LogP contribution is -2.15. The SMILES string of the molecule is O=C(O)c1ccc2c(c1)CC/C(=C\c1ccc(Cl)cc1)C2=O. The van der Waals surface area contributed by atoms with E-state index in [-0.39, 0.29) is 11.3 Å². The van der Waals surface area contributed by atoms with Crippen molar-refractivity contribution < 1.29 is 14.7 Å². The van der Waals surface area contributed by atoms with Gasteiger partial charge in [0.15, 0.2) is 5.78 Å². The quantitative estimate of drug-likeness (QED) is 0.843.